The largest absolute Gasteiger partial charge is 0.349 e. The predicted molar refractivity (Wildman–Crippen MR) is 75.6 cm³/mol. The lowest BCUT2D eigenvalue weighted by atomic mass is 9.88. The molecule has 0 aliphatic carbocycles. The summed E-state index contributed by atoms with van der Waals surface area (Å²) in [7, 11) is 0. The molecule has 0 bridgehead atoms. The zero-order valence-corrected chi connectivity index (χ0v) is 10.8. The second kappa shape index (κ2) is 5.27. The van der Waals surface area contributed by atoms with Gasteiger partial charge in [0.05, 0.1) is 6.04 Å². The number of rotatable bonds is 3. The van der Waals surface area contributed by atoms with Gasteiger partial charge in [-0.05, 0) is 23.5 Å². The Morgan fingerprint density at radius 2 is 1.58 bits per heavy atom. The van der Waals surface area contributed by atoms with Gasteiger partial charge in [-0.2, -0.15) is 0 Å². The van der Waals surface area contributed by atoms with Gasteiger partial charge in [-0.1, -0.05) is 60.7 Å². The molecule has 2 aromatic carbocycles. The van der Waals surface area contributed by atoms with Crippen molar-refractivity contribution in [2.45, 2.75) is 18.9 Å². The molecule has 19 heavy (non-hydrogen) atoms. The predicted octanol–water partition coefficient (Wildman–Crippen LogP) is 3.11. The highest BCUT2D eigenvalue weighted by Gasteiger charge is 2.33. The smallest absolute Gasteiger partial charge is 0.220 e. The first-order valence-corrected chi connectivity index (χ1v) is 6.71. The van der Waals surface area contributed by atoms with Crippen LogP contribution in [0.3, 0.4) is 0 Å². The van der Waals surface area contributed by atoms with E-state index in [0.29, 0.717) is 12.3 Å². The second-order valence-electron chi connectivity index (χ2n) is 5.11. The van der Waals surface area contributed by atoms with E-state index in [-0.39, 0.29) is 11.9 Å². The van der Waals surface area contributed by atoms with Crippen molar-refractivity contribution >= 4 is 5.91 Å². The normalized spacial score (nSPS) is 22.2. The van der Waals surface area contributed by atoms with Crippen LogP contribution >= 0.6 is 0 Å². The Kier molecular flexibility index (Phi) is 3.32. The average molecular weight is 251 g/mol. The highest BCUT2D eigenvalue weighted by molar-refractivity contribution is 5.79. The van der Waals surface area contributed by atoms with Crippen LogP contribution in [0.15, 0.2) is 60.7 Å². The van der Waals surface area contributed by atoms with Gasteiger partial charge in [0.2, 0.25) is 5.91 Å². The zero-order chi connectivity index (χ0) is 13.1. The molecule has 0 saturated carbocycles. The van der Waals surface area contributed by atoms with E-state index >= 15 is 0 Å². The number of hydrogen-bond donors (Lipinski definition) is 1. The van der Waals surface area contributed by atoms with Crippen molar-refractivity contribution in [2.24, 2.45) is 5.92 Å². The summed E-state index contributed by atoms with van der Waals surface area (Å²) in [5, 5.41) is 3.10. The van der Waals surface area contributed by atoms with Gasteiger partial charge < -0.3 is 5.32 Å². The van der Waals surface area contributed by atoms with Crippen LogP contribution in [-0.4, -0.2) is 5.91 Å². The summed E-state index contributed by atoms with van der Waals surface area (Å²) in [4.78, 5) is 11.7. The minimum atomic E-state index is 0.147. The highest BCUT2D eigenvalue weighted by Crippen LogP contribution is 2.32. The second-order valence-corrected chi connectivity index (χ2v) is 5.11. The maximum atomic E-state index is 11.7. The number of amides is 1. The minimum Gasteiger partial charge on any atom is -0.349 e. The molecule has 2 nitrogen and oxygen atoms in total. The summed E-state index contributed by atoms with van der Waals surface area (Å²) in [5.74, 6) is 0.507. The maximum Gasteiger partial charge on any atom is 0.220 e. The first-order valence-electron chi connectivity index (χ1n) is 6.71. The fourth-order valence-electron chi connectivity index (χ4n) is 2.83. The molecule has 2 aromatic rings. The molecule has 0 radical (unpaired) electrons. The van der Waals surface area contributed by atoms with Crippen molar-refractivity contribution in [3.8, 4) is 0 Å². The summed E-state index contributed by atoms with van der Waals surface area (Å²) >= 11 is 0. The van der Waals surface area contributed by atoms with Crippen LogP contribution in [0, 0.1) is 5.92 Å². The molecule has 1 amide bonds. The Morgan fingerprint density at radius 1 is 0.947 bits per heavy atom. The molecule has 1 N–H and O–H groups in total. The third-order valence-corrected chi connectivity index (χ3v) is 3.73. The summed E-state index contributed by atoms with van der Waals surface area (Å²) in [6.45, 7) is 0. The monoisotopic (exact) mass is 251 g/mol. The van der Waals surface area contributed by atoms with E-state index in [1.54, 1.807) is 0 Å². The molecule has 2 atom stereocenters. The lowest BCUT2D eigenvalue weighted by Gasteiger charge is -2.19. The lowest BCUT2D eigenvalue weighted by molar-refractivity contribution is -0.119. The molecule has 0 spiro atoms. The third-order valence-electron chi connectivity index (χ3n) is 3.73. The van der Waals surface area contributed by atoms with E-state index < -0.39 is 0 Å². The maximum absolute atomic E-state index is 11.7. The molecule has 0 aromatic heterocycles. The third kappa shape index (κ3) is 2.68. The van der Waals surface area contributed by atoms with Crippen LogP contribution in [0.4, 0.5) is 0 Å². The molecule has 96 valence electrons. The number of hydrogen-bond acceptors (Lipinski definition) is 1. The van der Waals surface area contributed by atoms with Gasteiger partial charge in [0.1, 0.15) is 0 Å². The van der Waals surface area contributed by atoms with Gasteiger partial charge in [-0.15, -0.1) is 0 Å². The fraction of sp³-hybridized carbons (Fsp3) is 0.235. The van der Waals surface area contributed by atoms with E-state index in [4.69, 9.17) is 0 Å². The molecule has 1 saturated heterocycles. The SMILES string of the molecule is O=C1CC(Cc2ccccc2)C(c2ccccc2)N1. The summed E-state index contributed by atoms with van der Waals surface area (Å²) in [5.41, 5.74) is 2.50. The van der Waals surface area contributed by atoms with Crippen molar-refractivity contribution < 1.29 is 4.79 Å². The van der Waals surface area contributed by atoms with E-state index in [2.05, 4.69) is 41.7 Å². The molecule has 1 aliphatic rings. The lowest BCUT2D eigenvalue weighted by Crippen LogP contribution is -2.21. The van der Waals surface area contributed by atoms with Crippen molar-refractivity contribution in [1.82, 2.24) is 5.32 Å². The Bertz CT molecular complexity index is 550. The Labute approximate surface area is 113 Å². The Hall–Kier alpha value is -2.09. The Morgan fingerprint density at radius 3 is 2.26 bits per heavy atom. The molecule has 1 fully saturated rings. The Balaban J connectivity index is 1.81. The van der Waals surface area contributed by atoms with Crippen LogP contribution < -0.4 is 5.32 Å². The van der Waals surface area contributed by atoms with Crippen LogP contribution in [0.25, 0.3) is 0 Å². The van der Waals surface area contributed by atoms with Gasteiger partial charge in [0.25, 0.3) is 0 Å². The van der Waals surface area contributed by atoms with Crippen molar-refractivity contribution in [3.63, 3.8) is 0 Å². The van der Waals surface area contributed by atoms with Gasteiger partial charge in [0, 0.05) is 6.42 Å². The summed E-state index contributed by atoms with van der Waals surface area (Å²) < 4.78 is 0. The molecular formula is C17H17NO. The topological polar surface area (TPSA) is 29.1 Å². The molecule has 2 unspecified atom stereocenters. The molecule has 3 rings (SSSR count). The summed E-state index contributed by atoms with van der Waals surface area (Å²) in [6, 6.07) is 20.8. The van der Waals surface area contributed by atoms with Gasteiger partial charge in [-0.3, -0.25) is 4.79 Å². The van der Waals surface area contributed by atoms with Gasteiger partial charge >= 0.3 is 0 Å². The van der Waals surface area contributed by atoms with E-state index in [0.717, 1.165) is 6.42 Å². The van der Waals surface area contributed by atoms with Crippen LogP contribution in [0.2, 0.25) is 0 Å². The van der Waals surface area contributed by atoms with Crippen LogP contribution in [0.1, 0.15) is 23.6 Å². The number of carbonyl (C=O) groups is 1. The van der Waals surface area contributed by atoms with Crippen LogP contribution in [-0.2, 0) is 11.2 Å². The quantitative estimate of drug-likeness (QED) is 0.892. The molecule has 2 heteroatoms. The standard InChI is InChI=1S/C17H17NO/c19-16-12-15(11-13-7-3-1-4-8-13)17(18-16)14-9-5-2-6-10-14/h1-10,15,17H,11-12H2,(H,18,19). The number of benzene rings is 2. The van der Waals surface area contributed by atoms with Gasteiger partial charge in [-0.25, -0.2) is 0 Å². The zero-order valence-electron chi connectivity index (χ0n) is 10.8. The van der Waals surface area contributed by atoms with Crippen molar-refractivity contribution in [3.05, 3.63) is 71.8 Å². The van der Waals surface area contributed by atoms with E-state index in [1.165, 1.54) is 11.1 Å². The summed E-state index contributed by atoms with van der Waals surface area (Å²) in [6.07, 6.45) is 1.56. The number of nitrogens with one attached hydrogen (secondary N) is 1. The first kappa shape index (κ1) is 12.0. The fourth-order valence-corrected chi connectivity index (χ4v) is 2.83. The van der Waals surface area contributed by atoms with Crippen molar-refractivity contribution in [1.29, 1.82) is 0 Å². The van der Waals surface area contributed by atoms with E-state index in [9.17, 15) is 4.79 Å². The average Bonchev–Trinajstić information content (AvgIpc) is 2.82. The molecule has 1 aliphatic heterocycles. The highest BCUT2D eigenvalue weighted by atomic mass is 16.2. The first-order chi connectivity index (χ1) is 9.33. The van der Waals surface area contributed by atoms with E-state index in [1.807, 2.05) is 24.3 Å². The van der Waals surface area contributed by atoms with Crippen molar-refractivity contribution in [2.75, 3.05) is 0 Å². The van der Waals surface area contributed by atoms with Gasteiger partial charge in [0.15, 0.2) is 0 Å². The number of carbonyl (C=O) groups excluding carboxylic acids is 1. The molecular weight excluding hydrogens is 234 g/mol. The van der Waals surface area contributed by atoms with Crippen LogP contribution in [0.5, 0.6) is 0 Å². The minimum absolute atomic E-state index is 0.147. The molecule has 1 heterocycles.